The molecule has 2 aromatic rings. The van der Waals surface area contributed by atoms with Gasteiger partial charge in [-0.2, -0.15) is 0 Å². The van der Waals surface area contributed by atoms with Crippen LogP contribution in [0.5, 0.6) is 11.5 Å². The van der Waals surface area contributed by atoms with Gasteiger partial charge in [0.15, 0.2) is 35.2 Å². The van der Waals surface area contributed by atoms with Gasteiger partial charge in [0.05, 0.1) is 25.2 Å². The van der Waals surface area contributed by atoms with Gasteiger partial charge in [-0.05, 0) is 19.1 Å². The molecule has 2 aromatic carbocycles. The monoisotopic (exact) mass is 367 g/mol. The standard InChI is InChI=1S/C19H15N2O4S/c1-14-4-6-15(7-5-14)26-19-13-17(24-10-8-22-2)16(21-20)12-18(19)25-11-9-23-3/h4-7,12-13H,1-3H3/q+1. The summed E-state index contributed by atoms with van der Waals surface area (Å²) in [5, 5.41) is 9.22. The zero-order valence-electron chi connectivity index (χ0n) is 14.4. The fourth-order valence-corrected chi connectivity index (χ4v) is 2.71. The molecule has 0 saturated heterocycles. The van der Waals surface area contributed by atoms with Crippen molar-refractivity contribution in [2.45, 2.75) is 16.7 Å². The van der Waals surface area contributed by atoms with Gasteiger partial charge in [0.1, 0.15) is 0 Å². The van der Waals surface area contributed by atoms with Crippen LogP contribution in [0.3, 0.4) is 0 Å². The van der Waals surface area contributed by atoms with Gasteiger partial charge in [0, 0.05) is 11.0 Å². The summed E-state index contributed by atoms with van der Waals surface area (Å²) < 4.78 is 20.0. The Balaban J connectivity index is 2.43. The van der Waals surface area contributed by atoms with E-state index < -0.39 is 0 Å². The quantitative estimate of drug-likeness (QED) is 0.585. The van der Waals surface area contributed by atoms with Gasteiger partial charge >= 0.3 is 5.69 Å². The minimum Gasteiger partial charge on any atom is -0.448 e. The molecule has 0 unspecified atom stereocenters. The molecular formula is C19H15N2O4S+. The van der Waals surface area contributed by atoms with Crippen LogP contribution in [0.4, 0.5) is 5.69 Å². The molecule has 0 saturated carbocycles. The highest BCUT2D eigenvalue weighted by atomic mass is 32.2. The molecule has 0 aromatic heterocycles. The molecule has 2 rings (SSSR count). The van der Waals surface area contributed by atoms with E-state index in [1.807, 2.05) is 31.2 Å². The van der Waals surface area contributed by atoms with Crippen LogP contribution in [-0.2, 0) is 9.47 Å². The van der Waals surface area contributed by atoms with E-state index >= 15 is 0 Å². The average Bonchev–Trinajstić information content (AvgIpc) is 2.65. The van der Waals surface area contributed by atoms with Gasteiger partial charge < -0.3 is 18.9 Å². The summed E-state index contributed by atoms with van der Waals surface area (Å²) in [5.74, 6) is 0.638. The van der Waals surface area contributed by atoms with Gasteiger partial charge in [-0.25, -0.2) is 0 Å². The Hall–Kier alpha value is -3.47. The number of ether oxygens (including phenoxy) is 4. The van der Waals surface area contributed by atoms with Crippen LogP contribution in [0.1, 0.15) is 5.56 Å². The van der Waals surface area contributed by atoms with Gasteiger partial charge in [0.2, 0.25) is 11.1 Å². The topological polar surface area (TPSA) is 65.1 Å². The van der Waals surface area contributed by atoms with Crippen LogP contribution in [0.25, 0.3) is 4.98 Å². The van der Waals surface area contributed by atoms with Crippen molar-refractivity contribution in [3.8, 4) is 35.9 Å². The smallest absolute Gasteiger partial charge is 0.431 e. The molecule has 0 spiro atoms. The van der Waals surface area contributed by atoms with Crippen molar-refractivity contribution in [1.29, 1.82) is 5.39 Å². The Bertz CT molecular complexity index is 929. The van der Waals surface area contributed by atoms with Crippen molar-refractivity contribution in [1.82, 2.24) is 0 Å². The van der Waals surface area contributed by atoms with E-state index in [4.69, 9.17) is 9.47 Å². The second-order valence-electron chi connectivity index (χ2n) is 4.80. The van der Waals surface area contributed by atoms with Crippen molar-refractivity contribution in [2.75, 3.05) is 14.2 Å². The first kappa shape index (κ1) is 18.9. The summed E-state index contributed by atoms with van der Waals surface area (Å²) in [5.41, 5.74) is 1.29. The summed E-state index contributed by atoms with van der Waals surface area (Å²) in [6.07, 6.45) is 9.42. The molecule has 0 aliphatic rings. The minimum atomic E-state index is 0.137. The lowest BCUT2D eigenvalue weighted by Gasteiger charge is -2.07. The lowest BCUT2D eigenvalue weighted by Crippen LogP contribution is -1.90. The largest absolute Gasteiger partial charge is 0.448 e. The molecule has 0 bridgehead atoms. The lowest BCUT2D eigenvalue weighted by molar-refractivity contribution is 0.362. The summed E-state index contributed by atoms with van der Waals surface area (Å²) in [6.45, 7) is 2.02. The molecule has 130 valence electrons. The number of nitrogens with zero attached hydrogens (tertiary/aromatic N) is 2. The second kappa shape index (κ2) is 9.74. The predicted octanol–water partition coefficient (Wildman–Crippen LogP) is 4.52. The summed E-state index contributed by atoms with van der Waals surface area (Å²) in [4.78, 5) is 4.88. The number of benzene rings is 2. The third-order valence-corrected chi connectivity index (χ3v) is 4.04. The average molecular weight is 367 g/mol. The van der Waals surface area contributed by atoms with Gasteiger partial charge in [-0.15, -0.1) is 0 Å². The normalized spacial score (nSPS) is 8.85. The summed E-state index contributed by atoms with van der Waals surface area (Å²) in [6, 6.07) is 11.1. The number of methoxy groups -OCH3 is 2. The minimum absolute atomic E-state index is 0.137. The van der Waals surface area contributed by atoms with E-state index in [1.165, 1.54) is 32.0 Å². The SMILES string of the molecule is COC#COc1cc(Sc2ccc(C)cc2)c(OC#COC)cc1[N+]#N. The number of rotatable bonds is 4. The van der Waals surface area contributed by atoms with Crippen LogP contribution in [0.2, 0.25) is 0 Å². The van der Waals surface area contributed by atoms with E-state index in [0.717, 1.165) is 10.5 Å². The third-order valence-electron chi connectivity index (χ3n) is 2.99. The first-order valence-corrected chi connectivity index (χ1v) is 8.17. The van der Waals surface area contributed by atoms with E-state index in [2.05, 4.69) is 38.9 Å². The van der Waals surface area contributed by atoms with Crippen LogP contribution < -0.4 is 9.47 Å². The molecule has 6 nitrogen and oxygen atoms in total. The molecule has 0 aliphatic carbocycles. The zero-order chi connectivity index (χ0) is 18.8. The highest BCUT2D eigenvalue weighted by Crippen LogP contribution is 2.42. The van der Waals surface area contributed by atoms with Gasteiger partial charge in [0.25, 0.3) is 0 Å². The van der Waals surface area contributed by atoms with E-state index in [1.54, 1.807) is 6.07 Å². The van der Waals surface area contributed by atoms with E-state index in [9.17, 15) is 5.39 Å². The molecule has 26 heavy (non-hydrogen) atoms. The highest BCUT2D eigenvalue weighted by molar-refractivity contribution is 7.99. The van der Waals surface area contributed by atoms with Gasteiger partial charge in [-0.3, -0.25) is 0 Å². The molecule has 0 heterocycles. The maximum Gasteiger partial charge on any atom is 0.431 e. The Morgan fingerprint density at radius 1 is 0.885 bits per heavy atom. The number of aryl methyl sites for hydroxylation is 1. The Morgan fingerprint density at radius 3 is 2.08 bits per heavy atom. The van der Waals surface area contributed by atoms with Crippen LogP contribution in [0.15, 0.2) is 46.2 Å². The predicted molar refractivity (Wildman–Crippen MR) is 97.3 cm³/mol. The molecule has 0 N–H and O–H groups in total. The molecule has 7 heteroatoms. The summed E-state index contributed by atoms with van der Waals surface area (Å²) >= 11 is 1.44. The molecule has 0 amide bonds. The Labute approximate surface area is 156 Å². The van der Waals surface area contributed by atoms with Crippen molar-refractivity contribution < 1.29 is 18.9 Å². The highest BCUT2D eigenvalue weighted by Gasteiger charge is 2.22. The third kappa shape index (κ3) is 5.27. The Kier molecular flexibility index (Phi) is 7.06. The van der Waals surface area contributed by atoms with Crippen LogP contribution in [-0.4, -0.2) is 14.2 Å². The number of diazo groups is 1. The molecular weight excluding hydrogens is 352 g/mol. The van der Waals surface area contributed by atoms with Crippen LogP contribution in [0, 0.1) is 36.7 Å². The molecule has 0 aliphatic heterocycles. The number of hydrogen-bond donors (Lipinski definition) is 0. The lowest BCUT2D eigenvalue weighted by atomic mass is 10.2. The van der Waals surface area contributed by atoms with E-state index in [-0.39, 0.29) is 11.4 Å². The first-order chi connectivity index (χ1) is 12.7. The Morgan fingerprint density at radius 2 is 1.50 bits per heavy atom. The summed E-state index contributed by atoms with van der Waals surface area (Å²) in [7, 11) is 2.84. The fourth-order valence-electron chi connectivity index (χ4n) is 1.82. The fraction of sp³-hybridized carbons (Fsp3) is 0.158. The molecule has 0 fully saturated rings. The van der Waals surface area contributed by atoms with Crippen molar-refractivity contribution >= 4 is 17.4 Å². The van der Waals surface area contributed by atoms with Crippen molar-refractivity contribution in [3.05, 3.63) is 46.9 Å². The first-order valence-electron chi connectivity index (χ1n) is 7.35. The number of hydrogen-bond acceptors (Lipinski definition) is 6. The van der Waals surface area contributed by atoms with E-state index in [0.29, 0.717) is 10.6 Å². The van der Waals surface area contributed by atoms with Crippen LogP contribution >= 0.6 is 11.8 Å². The molecule has 0 atom stereocenters. The zero-order valence-corrected chi connectivity index (χ0v) is 15.2. The maximum atomic E-state index is 9.22. The maximum absolute atomic E-state index is 9.22. The van der Waals surface area contributed by atoms with Gasteiger partial charge in [-0.1, -0.05) is 29.5 Å². The molecule has 0 radical (unpaired) electrons. The van der Waals surface area contributed by atoms with Crippen molar-refractivity contribution in [3.63, 3.8) is 0 Å². The second-order valence-corrected chi connectivity index (χ2v) is 5.92. The van der Waals surface area contributed by atoms with Crippen molar-refractivity contribution in [2.24, 2.45) is 0 Å².